The van der Waals surface area contributed by atoms with E-state index in [9.17, 15) is 9.90 Å². The number of benzene rings is 1. The van der Waals surface area contributed by atoms with Gasteiger partial charge in [-0.1, -0.05) is 31.0 Å². The normalized spacial score (nSPS) is 19.5. The van der Waals surface area contributed by atoms with Crippen LogP contribution in [0.2, 0.25) is 0 Å². The first kappa shape index (κ1) is 23.5. The Kier molecular flexibility index (Phi) is 7.89. The van der Waals surface area contributed by atoms with Gasteiger partial charge in [-0.2, -0.15) is 0 Å². The summed E-state index contributed by atoms with van der Waals surface area (Å²) in [6, 6.07) is 8.17. The molecule has 1 saturated carbocycles. The SMILES string of the molecule is CCc1oc(-c2ccc(C)cc2)nc1COCC1CCCC(COC(C)(C)C(=O)O)C1. The van der Waals surface area contributed by atoms with Crippen LogP contribution in [0.3, 0.4) is 0 Å². The molecule has 2 aromatic rings. The largest absolute Gasteiger partial charge is 0.479 e. The van der Waals surface area contributed by atoms with Gasteiger partial charge in [0.15, 0.2) is 5.60 Å². The van der Waals surface area contributed by atoms with Crippen molar-refractivity contribution in [3.05, 3.63) is 41.3 Å². The van der Waals surface area contributed by atoms with E-state index in [1.54, 1.807) is 13.8 Å². The van der Waals surface area contributed by atoms with Crippen LogP contribution >= 0.6 is 0 Å². The molecule has 170 valence electrons. The minimum atomic E-state index is -1.14. The van der Waals surface area contributed by atoms with E-state index in [0.29, 0.717) is 37.5 Å². The second kappa shape index (κ2) is 10.4. The predicted molar refractivity (Wildman–Crippen MR) is 119 cm³/mol. The van der Waals surface area contributed by atoms with Crippen molar-refractivity contribution < 1.29 is 23.8 Å². The zero-order valence-electron chi connectivity index (χ0n) is 19.1. The van der Waals surface area contributed by atoms with E-state index >= 15 is 0 Å². The molecule has 1 aromatic heterocycles. The van der Waals surface area contributed by atoms with Crippen molar-refractivity contribution in [2.45, 2.75) is 72.0 Å². The molecule has 31 heavy (non-hydrogen) atoms. The summed E-state index contributed by atoms with van der Waals surface area (Å²) in [4.78, 5) is 15.9. The molecule has 3 rings (SSSR count). The molecule has 0 aliphatic heterocycles. The smallest absolute Gasteiger partial charge is 0.335 e. The summed E-state index contributed by atoms with van der Waals surface area (Å²) in [7, 11) is 0. The lowest BCUT2D eigenvalue weighted by Gasteiger charge is -2.31. The number of rotatable bonds is 10. The molecule has 1 aromatic carbocycles. The van der Waals surface area contributed by atoms with Crippen LogP contribution in [0, 0.1) is 18.8 Å². The third-order valence-electron chi connectivity index (χ3n) is 6.08. The van der Waals surface area contributed by atoms with E-state index < -0.39 is 11.6 Å². The topological polar surface area (TPSA) is 81.8 Å². The van der Waals surface area contributed by atoms with Gasteiger partial charge in [-0.15, -0.1) is 0 Å². The van der Waals surface area contributed by atoms with Crippen molar-refractivity contribution in [3.8, 4) is 11.5 Å². The average Bonchev–Trinajstić information content (AvgIpc) is 3.16. The van der Waals surface area contributed by atoms with Gasteiger partial charge < -0.3 is 19.0 Å². The maximum absolute atomic E-state index is 11.2. The molecule has 0 amide bonds. The lowest BCUT2D eigenvalue weighted by molar-refractivity contribution is -0.163. The molecule has 0 bridgehead atoms. The van der Waals surface area contributed by atoms with Crippen LogP contribution in [0.1, 0.15) is 63.5 Å². The Morgan fingerprint density at radius 2 is 1.87 bits per heavy atom. The van der Waals surface area contributed by atoms with Crippen LogP contribution in [0.25, 0.3) is 11.5 Å². The molecule has 6 heteroatoms. The second-order valence-corrected chi connectivity index (χ2v) is 9.15. The van der Waals surface area contributed by atoms with Crippen molar-refractivity contribution in [1.82, 2.24) is 4.98 Å². The van der Waals surface area contributed by atoms with E-state index in [2.05, 4.69) is 31.0 Å². The van der Waals surface area contributed by atoms with E-state index in [0.717, 1.165) is 49.1 Å². The lowest BCUT2D eigenvalue weighted by Crippen LogP contribution is -2.37. The molecule has 0 saturated heterocycles. The Morgan fingerprint density at radius 3 is 2.52 bits per heavy atom. The number of ether oxygens (including phenoxy) is 2. The molecule has 2 unspecified atom stereocenters. The van der Waals surface area contributed by atoms with Crippen molar-refractivity contribution in [1.29, 1.82) is 0 Å². The summed E-state index contributed by atoms with van der Waals surface area (Å²) >= 11 is 0. The van der Waals surface area contributed by atoms with Crippen LogP contribution in [0.5, 0.6) is 0 Å². The summed E-state index contributed by atoms with van der Waals surface area (Å²) in [5, 5.41) is 9.22. The first-order valence-corrected chi connectivity index (χ1v) is 11.3. The van der Waals surface area contributed by atoms with Gasteiger partial charge in [-0.05, 0) is 64.0 Å². The van der Waals surface area contributed by atoms with Gasteiger partial charge in [-0.3, -0.25) is 0 Å². The zero-order valence-corrected chi connectivity index (χ0v) is 19.1. The quantitative estimate of drug-likeness (QED) is 0.543. The molecule has 1 heterocycles. The Hall–Kier alpha value is -2.18. The summed E-state index contributed by atoms with van der Waals surface area (Å²) < 4.78 is 17.7. The van der Waals surface area contributed by atoms with Crippen molar-refractivity contribution >= 4 is 5.97 Å². The van der Waals surface area contributed by atoms with Crippen LogP contribution < -0.4 is 0 Å². The molecule has 1 aliphatic rings. The number of carbonyl (C=O) groups is 1. The third-order valence-corrected chi connectivity index (χ3v) is 6.08. The van der Waals surface area contributed by atoms with Gasteiger partial charge in [0.25, 0.3) is 0 Å². The van der Waals surface area contributed by atoms with Crippen LogP contribution in [0.4, 0.5) is 0 Å². The summed E-state index contributed by atoms with van der Waals surface area (Å²) in [5.41, 5.74) is 1.92. The fraction of sp³-hybridized carbons (Fsp3) is 0.600. The van der Waals surface area contributed by atoms with E-state index in [1.807, 2.05) is 12.1 Å². The molecule has 0 radical (unpaired) electrons. The number of nitrogens with zero attached hydrogens (tertiary/aromatic N) is 1. The highest BCUT2D eigenvalue weighted by molar-refractivity contribution is 5.76. The Balaban J connectivity index is 1.50. The van der Waals surface area contributed by atoms with Crippen molar-refractivity contribution in [3.63, 3.8) is 0 Å². The number of hydrogen-bond acceptors (Lipinski definition) is 5. The number of hydrogen-bond donors (Lipinski definition) is 1. The second-order valence-electron chi connectivity index (χ2n) is 9.15. The maximum Gasteiger partial charge on any atom is 0.335 e. The summed E-state index contributed by atoms with van der Waals surface area (Å²) in [6.45, 7) is 8.94. The number of oxazole rings is 1. The van der Waals surface area contributed by atoms with Crippen LogP contribution in [0.15, 0.2) is 28.7 Å². The zero-order chi connectivity index (χ0) is 22.4. The van der Waals surface area contributed by atoms with E-state index in [1.165, 1.54) is 5.56 Å². The first-order chi connectivity index (χ1) is 14.8. The number of aliphatic carboxylic acids is 1. The molecule has 1 fully saturated rings. The fourth-order valence-electron chi connectivity index (χ4n) is 4.01. The Bertz CT molecular complexity index is 855. The minimum absolute atomic E-state index is 0.382. The highest BCUT2D eigenvalue weighted by Crippen LogP contribution is 2.31. The van der Waals surface area contributed by atoms with E-state index in [-0.39, 0.29) is 0 Å². The Labute approximate surface area is 185 Å². The number of aryl methyl sites for hydroxylation is 2. The van der Waals surface area contributed by atoms with E-state index in [4.69, 9.17) is 13.9 Å². The van der Waals surface area contributed by atoms with Gasteiger partial charge in [0.2, 0.25) is 5.89 Å². The number of aromatic nitrogens is 1. The van der Waals surface area contributed by atoms with Gasteiger partial charge in [0, 0.05) is 18.6 Å². The lowest BCUT2D eigenvalue weighted by atomic mass is 9.82. The van der Waals surface area contributed by atoms with Gasteiger partial charge >= 0.3 is 5.97 Å². The molecule has 2 atom stereocenters. The van der Waals surface area contributed by atoms with Gasteiger partial charge in [0.1, 0.15) is 11.5 Å². The molecule has 0 spiro atoms. The molecule has 1 N–H and O–H groups in total. The molecule has 6 nitrogen and oxygen atoms in total. The standard InChI is InChI=1S/C25H35NO5/c1-5-22-21(26-23(31-22)20-11-9-17(2)10-12-20)16-29-14-18-7-6-8-19(13-18)15-30-25(3,4)24(27)28/h9-12,18-19H,5-8,13-16H2,1-4H3,(H,27,28). The minimum Gasteiger partial charge on any atom is -0.479 e. The first-order valence-electron chi connectivity index (χ1n) is 11.3. The monoisotopic (exact) mass is 429 g/mol. The Morgan fingerprint density at radius 1 is 1.19 bits per heavy atom. The fourth-order valence-corrected chi connectivity index (χ4v) is 4.01. The molecular weight excluding hydrogens is 394 g/mol. The molecular formula is C25H35NO5. The predicted octanol–water partition coefficient (Wildman–Crippen LogP) is 5.42. The van der Waals surface area contributed by atoms with Crippen molar-refractivity contribution in [2.75, 3.05) is 13.2 Å². The highest BCUT2D eigenvalue weighted by atomic mass is 16.5. The average molecular weight is 430 g/mol. The highest BCUT2D eigenvalue weighted by Gasteiger charge is 2.30. The summed E-state index contributed by atoms with van der Waals surface area (Å²) in [5.74, 6) is 1.44. The van der Waals surface area contributed by atoms with Gasteiger partial charge in [-0.25, -0.2) is 9.78 Å². The third kappa shape index (κ3) is 6.40. The number of carboxylic acid groups (broad SMARTS) is 1. The molecule has 1 aliphatic carbocycles. The van der Waals surface area contributed by atoms with Crippen molar-refractivity contribution in [2.24, 2.45) is 11.8 Å². The van der Waals surface area contributed by atoms with Crippen LogP contribution in [-0.2, 0) is 27.3 Å². The van der Waals surface area contributed by atoms with Gasteiger partial charge in [0.05, 0.1) is 13.2 Å². The number of carboxylic acids is 1. The summed E-state index contributed by atoms with van der Waals surface area (Å²) in [6.07, 6.45) is 5.11. The maximum atomic E-state index is 11.2. The van der Waals surface area contributed by atoms with Crippen LogP contribution in [-0.4, -0.2) is 34.9 Å².